The Labute approximate surface area is 169 Å². The molecule has 2 fully saturated rings. The normalized spacial score (nSPS) is 19.0. The summed E-state index contributed by atoms with van der Waals surface area (Å²) in [4.78, 5) is 33.7. The van der Waals surface area contributed by atoms with Crippen molar-refractivity contribution in [1.82, 2.24) is 14.7 Å². The summed E-state index contributed by atoms with van der Waals surface area (Å²) in [7, 11) is 3.99. The fourth-order valence-corrected chi connectivity index (χ4v) is 4.11. The Bertz CT molecular complexity index is 658. The molecule has 0 bridgehead atoms. The Morgan fingerprint density at radius 2 is 1.54 bits per heavy atom. The maximum absolute atomic E-state index is 12.7. The first-order valence-electron chi connectivity index (χ1n) is 10.5. The van der Waals surface area contributed by atoms with Crippen molar-refractivity contribution in [2.24, 2.45) is 5.92 Å². The van der Waals surface area contributed by atoms with E-state index in [2.05, 4.69) is 11.8 Å². The highest BCUT2D eigenvalue weighted by molar-refractivity contribution is 5.94. The molecule has 2 saturated heterocycles. The van der Waals surface area contributed by atoms with E-state index in [9.17, 15) is 9.59 Å². The van der Waals surface area contributed by atoms with Gasteiger partial charge >= 0.3 is 0 Å². The molecule has 6 nitrogen and oxygen atoms in total. The maximum Gasteiger partial charge on any atom is 0.253 e. The highest BCUT2D eigenvalue weighted by atomic mass is 16.2. The van der Waals surface area contributed by atoms with E-state index in [4.69, 9.17) is 0 Å². The van der Waals surface area contributed by atoms with Crippen molar-refractivity contribution < 1.29 is 9.59 Å². The molecule has 2 aliphatic rings. The van der Waals surface area contributed by atoms with Crippen molar-refractivity contribution in [2.45, 2.75) is 26.2 Å². The Kier molecular flexibility index (Phi) is 6.94. The van der Waals surface area contributed by atoms with Gasteiger partial charge in [-0.25, -0.2) is 0 Å². The van der Waals surface area contributed by atoms with E-state index in [0.29, 0.717) is 18.2 Å². The number of likely N-dealkylation sites (N-methyl/N-ethyl adjacent to an activating group) is 1. The molecule has 0 saturated carbocycles. The summed E-state index contributed by atoms with van der Waals surface area (Å²) in [6.45, 7) is 8.41. The van der Waals surface area contributed by atoms with Gasteiger partial charge in [-0.1, -0.05) is 6.92 Å². The zero-order chi connectivity index (χ0) is 20.1. The largest absolute Gasteiger partial charge is 0.378 e. The second-order valence-corrected chi connectivity index (χ2v) is 8.20. The van der Waals surface area contributed by atoms with Gasteiger partial charge in [0.15, 0.2) is 0 Å². The Morgan fingerprint density at radius 1 is 0.929 bits per heavy atom. The van der Waals surface area contributed by atoms with Gasteiger partial charge in [0.05, 0.1) is 0 Å². The lowest BCUT2D eigenvalue weighted by Gasteiger charge is -2.36. The van der Waals surface area contributed by atoms with Crippen LogP contribution < -0.4 is 4.90 Å². The maximum atomic E-state index is 12.7. The smallest absolute Gasteiger partial charge is 0.253 e. The van der Waals surface area contributed by atoms with Crippen LogP contribution in [0, 0.1) is 5.92 Å². The number of piperidine rings is 1. The fourth-order valence-electron chi connectivity index (χ4n) is 4.11. The molecule has 2 amide bonds. The average molecular weight is 387 g/mol. The number of carbonyl (C=O) groups is 2. The second-order valence-electron chi connectivity index (χ2n) is 8.20. The van der Waals surface area contributed by atoms with Gasteiger partial charge in [-0.2, -0.15) is 0 Å². The van der Waals surface area contributed by atoms with E-state index in [1.807, 2.05) is 53.1 Å². The van der Waals surface area contributed by atoms with Crippen LogP contribution in [0.15, 0.2) is 24.3 Å². The van der Waals surface area contributed by atoms with Gasteiger partial charge in [0, 0.05) is 71.0 Å². The van der Waals surface area contributed by atoms with Crippen LogP contribution in [0.25, 0.3) is 0 Å². The number of nitrogens with zero attached hydrogens (tertiary/aromatic N) is 4. The van der Waals surface area contributed by atoms with E-state index in [-0.39, 0.29) is 5.91 Å². The van der Waals surface area contributed by atoms with E-state index in [1.54, 1.807) is 0 Å². The minimum absolute atomic E-state index is 0.103. The summed E-state index contributed by atoms with van der Waals surface area (Å²) >= 11 is 0. The van der Waals surface area contributed by atoms with Crippen LogP contribution in [0.3, 0.4) is 0 Å². The summed E-state index contributed by atoms with van der Waals surface area (Å²) in [5.41, 5.74) is 1.84. The molecule has 2 aliphatic heterocycles. The van der Waals surface area contributed by atoms with Gasteiger partial charge in [0.25, 0.3) is 5.91 Å². The SMILES string of the molecule is CCN1CCN(C(=O)CC2CCN(C(=O)c3ccc(N(C)C)cc3)CC2)CC1. The van der Waals surface area contributed by atoms with Crippen molar-refractivity contribution in [1.29, 1.82) is 0 Å². The highest BCUT2D eigenvalue weighted by Gasteiger charge is 2.27. The standard InChI is InChI=1S/C22H34N4O2/c1-4-24-13-15-25(16-14-24)21(27)17-18-9-11-26(12-10-18)22(28)19-5-7-20(8-6-19)23(2)3/h5-8,18H,4,9-17H2,1-3H3. The first-order chi connectivity index (χ1) is 13.5. The van der Waals surface area contributed by atoms with E-state index < -0.39 is 0 Å². The Hall–Kier alpha value is -2.08. The topological polar surface area (TPSA) is 47.1 Å². The third-order valence-corrected chi connectivity index (χ3v) is 6.17. The van der Waals surface area contributed by atoms with Crippen LogP contribution in [-0.4, -0.2) is 86.4 Å². The van der Waals surface area contributed by atoms with E-state index in [0.717, 1.165) is 69.9 Å². The molecule has 0 spiro atoms. The molecule has 0 aromatic heterocycles. The van der Waals surface area contributed by atoms with Crippen LogP contribution in [0.4, 0.5) is 5.69 Å². The number of rotatable bonds is 5. The molecular weight excluding hydrogens is 352 g/mol. The molecular formula is C22H34N4O2. The summed E-state index contributed by atoms with van der Waals surface area (Å²) in [5.74, 6) is 0.794. The van der Waals surface area contributed by atoms with Crippen LogP contribution >= 0.6 is 0 Å². The number of anilines is 1. The lowest BCUT2D eigenvalue weighted by Crippen LogP contribution is -2.49. The van der Waals surface area contributed by atoms with Gasteiger partial charge in [-0.05, 0) is 49.6 Å². The zero-order valence-electron chi connectivity index (χ0n) is 17.6. The molecule has 3 rings (SSSR count). The summed E-state index contributed by atoms with van der Waals surface area (Å²) < 4.78 is 0. The van der Waals surface area contributed by atoms with Gasteiger partial charge in [0.1, 0.15) is 0 Å². The average Bonchev–Trinajstić information content (AvgIpc) is 2.74. The minimum Gasteiger partial charge on any atom is -0.378 e. The number of carbonyl (C=O) groups excluding carboxylic acids is 2. The van der Waals surface area contributed by atoms with E-state index >= 15 is 0 Å². The predicted octanol–water partition coefficient (Wildman–Crippen LogP) is 2.16. The zero-order valence-corrected chi connectivity index (χ0v) is 17.6. The molecule has 0 unspecified atom stereocenters. The molecule has 0 N–H and O–H groups in total. The summed E-state index contributed by atoms with van der Waals surface area (Å²) in [6.07, 6.45) is 2.47. The third kappa shape index (κ3) is 5.04. The van der Waals surface area contributed by atoms with E-state index in [1.165, 1.54) is 0 Å². The fraction of sp³-hybridized carbons (Fsp3) is 0.636. The molecule has 2 heterocycles. The summed E-state index contributed by atoms with van der Waals surface area (Å²) in [5, 5.41) is 0. The lowest BCUT2D eigenvalue weighted by molar-refractivity contribution is -0.134. The number of benzene rings is 1. The lowest BCUT2D eigenvalue weighted by atomic mass is 9.92. The Morgan fingerprint density at radius 3 is 2.07 bits per heavy atom. The van der Waals surface area contributed by atoms with Gasteiger partial charge in [0.2, 0.25) is 5.91 Å². The van der Waals surface area contributed by atoms with Gasteiger partial charge in [-0.3, -0.25) is 9.59 Å². The van der Waals surface area contributed by atoms with Crippen molar-refractivity contribution in [2.75, 3.05) is 64.8 Å². The second kappa shape index (κ2) is 9.41. The molecule has 6 heteroatoms. The van der Waals surface area contributed by atoms with Crippen molar-refractivity contribution >= 4 is 17.5 Å². The minimum atomic E-state index is 0.103. The van der Waals surface area contributed by atoms with Crippen molar-refractivity contribution in [3.63, 3.8) is 0 Å². The molecule has 1 aromatic carbocycles. The quantitative estimate of drug-likeness (QED) is 0.778. The van der Waals surface area contributed by atoms with Crippen LogP contribution in [-0.2, 0) is 4.79 Å². The molecule has 0 radical (unpaired) electrons. The van der Waals surface area contributed by atoms with Crippen LogP contribution in [0.5, 0.6) is 0 Å². The number of hydrogen-bond acceptors (Lipinski definition) is 4. The predicted molar refractivity (Wildman–Crippen MR) is 113 cm³/mol. The first-order valence-corrected chi connectivity index (χ1v) is 10.5. The number of likely N-dealkylation sites (tertiary alicyclic amines) is 1. The number of amides is 2. The van der Waals surface area contributed by atoms with Crippen LogP contribution in [0.2, 0.25) is 0 Å². The summed E-state index contributed by atoms with van der Waals surface area (Å²) in [6, 6.07) is 7.78. The number of hydrogen-bond donors (Lipinski definition) is 0. The molecule has 0 aliphatic carbocycles. The third-order valence-electron chi connectivity index (χ3n) is 6.17. The first kappa shape index (κ1) is 20.6. The van der Waals surface area contributed by atoms with Crippen molar-refractivity contribution in [3.05, 3.63) is 29.8 Å². The monoisotopic (exact) mass is 386 g/mol. The molecule has 1 aromatic rings. The highest BCUT2D eigenvalue weighted by Crippen LogP contribution is 2.23. The molecule has 154 valence electrons. The van der Waals surface area contributed by atoms with Gasteiger partial charge in [-0.15, -0.1) is 0 Å². The van der Waals surface area contributed by atoms with Gasteiger partial charge < -0.3 is 19.6 Å². The molecule has 0 atom stereocenters. The van der Waals surface area contributed by atoms with Crippen LogP contribution in [0.1, 0.15) is 36.5 Å². The van der Waals surface area contributed by atoms with Crippen molar-refractivity contribution in [3.8, 4) is 0 Å². The number of piperazine rings is 1. The Balaban J connectivity index is 1.45. The molecule has 28 heavy (non-hydrogen) atoms.